The van der Waals surface area contributed by atoms with Gasteiger partial charge in [0.15, 0.2) is 4.34 Å². The van der Waals surface area contributed by atoms with Crippen molar-refractivity contribution in [3.8, 4) is 0 Å². The minimum absolute atomic E-state index is 0.0593. The topological polar surface area (TPSA) is 150 Å². The predicted octanol–water partition coefficient (Wildman–Crippen LogP) is 1.06. The molecule has 0 aliphatic heterocycles. The van der Waals surface area contributed by atoms with E-state index in [0.29, 0.717) is 15.7 Å². The molecule has 1 aromatic carbocycles. The molecule has 3 N–H and O–H groups in total. The summed E-state index contributed by atoms with van der Waals surface area (Å²) in [6, 6.07) is 6.74. The van der Waals surface area contributed by atoms with Gasteiger partial charge in [0.1, 0.15) is 0 Å². The summed E-state index contributed by atoms with van der Waals surface area (Å²) in [5, 5.41) is 15.7. The molecule has 0 spiro atoms. The number of hydrogen-bond acceptors (Lipinski definition) is 9. The van der Waals surface area contributed by atoms with Crippen LogP contribution in [-0.4, -0.2) is 66.2 Å². The molecule has 0 saturated carbocycles. The van der Waals surface area contributed by atoms with E-state index in [0.717, 1.165) is 33.7 Å². The first-order valence-electron chi connectivity index (χ1n) is 8.38. The SMILES string of the molecule is CC(=O)Nc1cccc(NC(=O)CSc2nnc(NC(=O)CN(C)S(C)(=O)=O)s2)c1. The average Bonchev–Trinajstić information content (AvgIpc) is 3.06. The first kappa shape index (κ1) is 23.7. The van der Waals surface area contributed by atoms with Gasteiger partial charge in [-0.3, -0.25) is 19.7 Å². The second-order valence-corrected chi connectivity index (χ2v) is 10.3. The highest BCUT2D eigenvalue weighted by Gasteiger charge is 2.17. The molecule has 11 nitrogen and oxygen atoms in total. The van der Waals surface area contributed by atoms with E-state index in [2.05, 4.69) is 26.1 Å². The number of benzene rings is 1. The Balaban J connectivity index is 1.83. The Morgan fingerprint density at radius 3 is 2.40 bits per heavy atom. The molecule has 1 heterocycles. The monoisotopic (exact) mass is 472 g/mol. The van der Waals surface area contributed by atoms with E-state index < -0.39 is 15.9 Å². The van der Waals surface area contributed by atoms with Gasteiger partial charge in [-0.15, -0.1) is 10.2 Å². The van der Waals surface area contributed by atoms with Crippen molar-refractivity contribution < 1.29 is 22.8 Å². The first-order valence-corrected chi connectivity index (χ1v) is 12.0. The zero-order chi connectivity index (χ0) is 22.3. The summed E-state index contributed by atoms with van der Waals surface area (Å²) in [5.74, 6) is -0.983. The number of sulfonamides is 1. The molecule has 3 amide bonds. The van der Waals surface area contributed by atoms with Gasteiger partial charge in [-0.1, -0.05) is 29.2 Å². The lowest BCUT2D eigenvalue weighted by molar-refractivity contribution is -0.116. The molecule has 0 unspecified atom stereocenters. The molecule has 0 saturated heterocycles. The number of rotatable bonds is 9. The van der Waals surface area contributed by atoms with Gasteiger partial charge < -0.3 is 10.6 Å². The lowest BCUT2D eigenvalue weighted by atomic mass is 10.2. The zero-order valence-electron chi connectivity index (χ0n) is 16.3. The lowest BCUT2D eigenvalue weighted by Crippen LogP contribution is -2.34. The number of thioether (sulfide) groups is 1. The Hall–Kier alpha value is -2.55. The van der Waals surface area contributed by atoms with Crippen molar-refractivity contribution >= 4 is 67.3 Å². The van der Waals surface area contributed by atoms with Gasteiger partial charge in [-0.2, -0.15) is 4.31 Å². The van der Waals surface area contributed by atoms with E-state index in [-0.39, 0.29) is 29.2 Å². The summed E-state index contributed by atoms with van der Waals surface area (Å²) in [4.78, 5) is 35.1. The van der Waals surface area contributed by atoms with Crippen LogP contribution >= 0.6 is 23.1 Å². The number of anilines is 3. The second kappa shape index (κ2) is 10.5. The average molecular weight is 473 g/mol. The molecule has 0 bridgehead atoms. The number of hydrogen-bond donors (Lipinski definition) is 3. The van der Waals surface area contributed by atoms with E-state index in [1.807, 2.05) is 0 Å². The van der Waals surface area contributed by atoms with Crippen molar-refractivity contribution in [2.75, 3.05) is 41.6 Å². The summed E-state index contributed by atoms with van der Waals surface area (Å²) in [5.41, 5.74) is 1.10. The van der Waals surface area contributed by atoms with Crippen LogP contribution in [0.25, 0.3) is 0 Å². The second-order valence-electron chi connectivity index (χ2n) is 6.04. The summed E-state index contributed by atoms with van der Waals surface area (Å²) < 4.78 is 24.0. The van der Waals surface area contributed by atoms with Crippen molar-refractivity contribution in [3.05, 3.63) is 24.3 Å². The number of aromatic nitrogens is 2. The quantitative estimate of drug-likeness (QED) is 0.362. The molecule has 0 aliphatic rings. The highest BCUT2D eigenvalue weighted by molar-refractivity contribution is 8.01. The normalized spacial score (nSPS) is 11.2. The molecule has 0 aliphatic carbocycles. The predicted molar refractivity (Wildman–Crippen MR) is 116 cm³/mol. The highest BCUT2D eigenvalue weighted by Crippen LogP contribution is 2.25. The van der Waals surface area contributed by atoms with Gasteiger partial charge in [-0.25, -0.2) is 8.42 Å². The van der Waals surface area contributed by atoms with E-state index in [1.54, 1.807) is 24.3 Å². The maximum absolute atomic E-state index is 12.1. The Morgan fingerprint density at radius 2 is 1.77 bits per heavy atom. The van der Waals surface area contributed by atoms with E-state index >= 15 is 0 Å². The zero-order valence-corrected chi connectivity index (χ0v) is 18.8. The fourth-order valence-corrected chi connectivity index (χ4v) is 3.92. The minimum atomic E-state index is -3.47. The number of likely N-dealkylation sites (N-methyl/N-ethyl adjacent to an activating group) is 1. The van der Waals surface area contributed by atoms with Crippen LogP contribution in [0.5, 0.6) is 0 Å². The van der Waals surface area contributed by atoms with Gasteiger partial charge >= 0.3 is 0 Å². The van der Waals surface area contributed by atoms with Crippen LogP contribution in [0.1, 0.15) is 6.92 Å². The smallest absolute Gasteiger partial charge is 0.241 e. The fourth-order valence-electron chi connectivity index (χ4n) is 2.00. The van der Waals surface area contributed by atoms with Crippen molar-refractivity contribution in [3.63, 3.8) is 0 Å². The maximum atomic E-state index is 12.1. The fraction of sp³-hybridized carbons (Fsp3) is 0.312. The van der Waals surface area contributed by atoms with Gasteiger partial charge in [0.2, 0.25) is 32.9 Å². The molecule has 14 heteroatoms. The van der Waals surface area contributed by atoms with Gasteiger partial charge in [0.05, 0.1) is 18.6 Å². The molecule has 1 aromatic heterocycles. The molecule has 0 fully saturated rings. The summed E-state index contributed by atoms with van der Waals surface area (Å²) in [6.45, 7) is 1.05. The van der Waals surface area contributed by atoms with Gasteiger partial charge in [0, 0.05) is 25.3 Å². The van der Waals surface area contributed by atoms with Crippen molar-refractivity contribution in [1.82, 2.24) is 14.5 Å². The van der Waals surface area contributed by atoms with Crippen LogP contribution < -0.4 is 16.0 Å². The summed E-state index contributed by atoms with van der Waals surface area (Å²) >= 11 is 2.20. The van der Waals surface area contributed by atoms with E-state index in [4.69, 9.17) is 0 Å². The molecule has 2 rings (SSSR count). The van der Waals surface area contributed by atoms with Crippen LogP contribution in [0.15, 0.2) is 28.6 Å². The summed E-state index contributed by atoms with van der Waals surface area (Å²) in [7, 11) is -2.17. The molecule has 30 heavy (non-hydrogen) atoms. The standard InChI is InChI=1S/C16H20N6O5S3/c1-10(23)17-11-5-4-6-12(7-11)18-14(25)9-28-16-21-20-15(29-16)19-13(24)8-22(2)30(3,26)27/h4-7H,8-9H2,1-3H3,(H,17,23)(H,18,25)(H,19,20,24). The minimum Gasteiger partial charge on any atom is -0.326 e. The lowest BCUT2D eigenvalue weighted by Gasteiger charge is -2.12. The molecule has 2 aromatic rings. The first-order chi connectivity index (χ1) is 14.0. The molecule has 0 radical (unpaired) electrons. The molecular formula is C16H20N6O5S3. The van der Waals surface area contributed by atoms with Crippen LogP contribution in [0, 0.1) is 0 Å². The number of carbonyl (C=O) groups is 3. The molecule has 0 atom stereocenters. The third-order valence-corrected chi connectivity index (χ3v) is 6.61. The number of amides is 3. The van der Waals surface area contributed by atoms with Crippen LogP contribution in [-0.2, 0) is 24.4 Å². The Labute approximate surface area is 181 Å². The number of carbonyl (C=O) groups excluding carboxylic acids is 3. The largest absolute Gasteiger partial charge is 0.326 e. The van der Waals surface area contributed by atoms with Crippen LogP contribution in [0.4, 0.5) is 16.5 Å². The third kappa shape index (κ3) is 8.06. The number of nitrogens with one attached hydrogen (secondary N) is 3. The van der Waals surface area contributed by atoms with Crippen molar-refractivity contribution in [1.29, 1.82) is 0 Å². The summed E-state index contributed by atoms with van der Waals surface area (Å²) in [6.07, 6.45) is 1.00. The Bertz CT molecular complexity index is 1040. The molecular weight excluding hydrogens is 452 g/mol. The maximum Gasteiger partial charge on any atom is 0.241 e. The van der Waals surface area contributed by atoms with Crippen LogP contribution in [0.3, 0.4) is 0 Å². The van der Waals surface area contributed by atoms with Crippen molar-refractivity contribution in [2.45, 2.75) is 11.3 Å². The Kier molecular flexibility index (Phi) is 8.28. The van der Waals surface area contributed by atoms with Crippen molar-refractivity contribution in [2.24, 2.45) is 0 Å². The van der Waals surface area contributed by atoms with Gasteiger partial charge in [-0.05, 0) is 18.2 Å². The molecule has 162 valence electrons. The van der Waals surface area contributed by atoms with E-state index in [9.17, 15) is 22.8 Å². The highest BCUT2D eigenvalue weighted by atomic mass is 32.2. The van der Waals surface area contributed by atoms with Crippen LogP contribution in [0.2, 0.25) is 0 Å². The van der Waals surface area contributed by atoms with E-state index in [1.165, 1.54) is 14.0 Å². The van der Waals surface area contributed by atoms with Gasteiger partial charge in [0.25, 0.3) is 0 Å². The third-order valence-electron chi connectivity index (χ3n) is 3.38. The number of nitrogens with zero attached hydrogens (tertiary/aromatic N) is 3. The Morgan fingerprint density at radius 1 is 1.10 bits per heavy atom.